The van der Waals surface area contributed by atoms with Crippen LogP contribution >= 0.6 is 38.6 Å². The lowest BCUT2D eigenvalue weighted by atomic mass is 10.0. The molecular formula is C20H18BrFNOS2+. The van der Waals surface area contributed by atoms with Crippen LogP contribution in [0.1, 0.15) is 30.4 Å². The fourth-order valence-corrected chi connectivity index (χ4v) is 6.50. The summed E-state index contributed by atoms with van der Waals surface area (Å²) in [4.78, 5) is 2.43. The van der Waals surface area contributed by atoms with Gasteiger partial charge in [-0.25, -0.2) is 8.97 Å². The minimum absolute atomic E-state index is 0.204. The number of halogens is 2. The number of hydrogen-bond donors (Lipinski definition) is 0. The molecule has 1 aromatic heterocycles. The van der Waals surface area contributed by atoms with Gasteiger partial charge in [-0.3, -0.25) is 0 Å². The molecule has 4 rings (SSSR count). The van der Waals surface area contributed by atoms with Gasteiger partial charge in [0, 0.05) is 10.0 Å². The third-order valence-electron chi connectivity index (χ3n) is 4.47. The Kier molecular flexibility index (Phi) is 4.99. The molecule has 0 amide bonds. The zero-order valence-corrected chi connectivity index (χ0v) is 17.7. The van der Waals surface area contributed by atoms with E-state index in [0.29, 0.717) is 0 Å². The van der Waals surface area contributed by atoms with Crippen molar-refractivity contribution in [1.82, 2.24) is 4.58 Å². The van der Waals surface area contributed by atoms with Gasteiger partial charge < -0.3 is 4.74 Å². The molecule has 2 aromatic carbocycles. The quantitative estimate of drug-likeness (QED) is 0.468. The molecule has 0 spiro atoms. The van der Waals surface area contributed by atoms with E-state index in [-0.39, 0.29) is 11.9 Å². The summed E-state index contributed by atoms with van der Waals surface area (Å²) in [5, 5.41) is 0. The van der Waals surface area contributed by atoms with Crippen molar-refractivity contribution in [2.24, 2.45) is 0 Å². The molecule has 2 heterocycles. The van der Waals surface area contributed by atoms with Crippen LogP contribution < -0.4 is 13.3 Å². The summed E-state index contributed by atoms with van der Waals surface area (Å²) in [6.45, 7) is 6.29. The zero-order chi connectivity index (χ0) is 18.3. The molecule has 0 saturated carbocycles. The Labute approximate surface area is 168 Å². The smallest absolute Gasteiger partial charge is 0.314 e. The topological polar surface area (TPSA) is 12.2 Å². The predicted octanol–water partition coefficient (Wildman–Crippen LogP) is 5.67. The molecule has 0 saturated heterocycles. The summed E-state index contributed by atoms with van der Waals surface area (Å²) in [7, 11) is 0. The van der Waals surface area contributed by atoms with E-state index < -0.39 is 0 Å². The summed E-state index contributed by atoms with van der Waals surface area (Å²) in [5.41, 5.74) is 2.09. The van der Waals surface area contributed by atoms with Gasteiger partial charge in [0.1, 0.15) is 24.7 Å². The SMILES string of the molecule is CC[N+](CC)=c1sc2c(s1)C(c1ccc(F)cc1)Oc1ccc(Br)cc1-2. The lowest BCUT2D eigenvalue weighted by Gasteiger charge is -2.26. The first kappa shape index (κ1) is 17.9. The van der Waals surface area contributed by atoms with Crippen LogP contribution in [0.25, 0.3) is 10.4 Å². The second kappa shape index (κ2) is 7.25. The van der Waals surface area contributed by atoms with Crippen LogP contribution in [0.3, 0.4) is 0 Å². The first-order chi connectivity index (χ1) is 12.6. The standard InChI is InChI=1S/C20H18BrFNOS2/c1-3-23(4-2)20-25-18-15-11-13(21)7-10-16(15)24-17(19(18)26-20)12-5-8-14(22)9-6-12/h5-11,17H,3-4H2,1-2H3/q+1. The van der Waals surface area contributed by atoms with Gasteiger partial charge in [0.2, 0.25) is 0 Å². The summed E-state index contributed by atoms with van der Waals surface area (Å²) >= 11 is 7.17. The van der Waals surface area contributed by atoms with Gasteiger partial charge in [0.25, 0.3) is 0 Å². The molecule has 1 atom stereocenters. The minimum atomic E-state index is -0.230. The van der Waals surface area contributed by atoms with Crippen LogP contribution in [0.2, 0.25) is 0 Å². The van der Waals surface area contributed by atoms with Crippen LogP contribution in [0.4, 0.5) is 4.39 Å². The Hall–Kier alpha value is -1.50. The molecule has 1 aliphatic rings. The number of fused-ring (bicyclic) bond motifs is 3. The van der Waals surface area contributed by atoms with Gasteiger partial charge in [-0.05, 0) is 49.7 Å². The molecule has 0 aliphatic carbocycles. The van der Waals surface area contributed by atoms with Gasteiger partial charge in [-0.15, -0.1) is 0 Å². The van der Waals surface area contributed by atoms with E-state index in [1.54, 1.807) is 11.3 Å². The maximum atomic E-state index is 13.4. The molecule has 2 nitrogen and oxygen atoms in total. The van der Waals surface area contributed by atoms with Gasteiger partial charge in [-0.2, -0.15) is 0 Å². The fraction of sp³-hybridized carbons (Fsp3) is 0.250. The van der Waals surface area contributed by atoms with Crippen molar-refractivity contribution in [1.29, 1.82) is 0 Å². The van der Waals surface area contributed by atoms with Gasteiger partial charge in [-0.1, -0.05) is 50.7 Å². The van der Waals surface area contributed by atoms with E-state index in [9.17, 15) is 4.39 Å². The van der Waals surface area contributed by atoms with E-state index in [2.05, 4.69) is 40.4 Å². The van der Waals surface area contributed by atoms with E-state index in [1.807, 2.05) is 35.6 Å². The predicted molar refractivity (Wildman–Crippen MR) is 111 cm³/mol. The number of ether oxygens (including phenoxy) is 1. The summed E-state index contributed by atoms with van der Waals surface area (Å²) in [6, 6.07) is 12.7. The molecule has 0 N–H and O–H groups in total. The highest BCUT2D eigenvalue weighted by atomic mass is 79.9. The summed E-state index contributed by atoms with van der Waals surface area (Å²) < 4.78 is 24.4. The number of hydrogen-bond acceptors (Lipinski definition) is 3. The lowest BCUT2D eigenvalue weighted by molar-refractivity contribution is 0.248. The van der Waals surface area contributed by atoms with Crippen molar-refractivity contribution in [2.75, 3.05) is 13.1 Å². The highest BCUT2D eigenvalue weighted by Gasteiger charge is 2.31. The van der Waals surface area contributed by atoms with E-state index in [1.165, 1.54) is 25.9 Å². The van der Waals surface area contributed by atoms with Crippen molar-refractivity contribution in [3.05, 3.63) is 67.2 Å². The number of nitrogens with zero attached hydrogens (tertiary/aromatic N) is 1. The Morgan fingerprint density at radius 3 is 2.50 bits per heavy atom. The molecule has 134 valence electrons. The van der Waals surface area contributed by atoms with Crippen molar-refractivity contribution in [2.45, 2.75) is 20.0 Å². The van der Waals surface area contributed by atoms with E-state index >= 15 is 0 Å². The molecular weight excluding hydrogens is 433 g/mol. The van der Waals surface area contributed by atoms with Crippen molar-refractivity contribution >= 4 is 38.6 Å². The highest BCUT2D eigenvalue weighted by Crippen LogP contribution is 2.48. The Balaban J connectivity index is 1.95. The molecule has 3 aromatic rings. The monoisotopic (exact) mass is 450 g/mol. The maximum absolute atomic E-state index is 13.4. The Morgan fingerprint density at radius 2 is 1.81 bits per heavy atom. The average Bonchev–Trinajstić information content (AvgIpc) is 3.08. The third-order valence-corrected chi connectivity index (χ3v) is 7.74. The normalized spacial score (nSPS) is 15.2. The van der Waals surface area contributed by atoms with E-state index in [0.717, 1.165) is 34.4 Å². The van der Waals surface area contributed by atoms with Gasteiger partial charge in [0.05, 0.1) is 9.75 Å². The summed E-state index contributed by atoms with van der Waals surface area (Å²) in [6.07, 6.45) is -0.204. The molecule has 6 heteroatoms. The van der Waals surface area contributed by atoms with Gasteiger partial charge >= 0.3 is 3.98 Å². The first-order valence-electron chi connectivity index (χ1n) is 8.54. The van der Waals surface area contributed by atoms with Crippen LogP contribution in [0.5, 0.6) is 5.75 Å². The minimum Gasteiger partial charge on any atom is -0.479 e. The van der Waals surface area contributed by atoms with Crippen LogP contribution in [-0.2, 0) is 0 Å². The number of benzene rings is 2. The molecule has 1 aliphatic heterocycles. The van der Waals surface area contributed by atoms with Gasteiger partial charge in [0.15, 0.2) is 6.10 Å². The van der Waals surface area contributed by atoms with Crippen molar-refractivity contribution in [3.8, 4) is 16.2 Å². The van der Waals surface area contributed by atoms with Crippen LogP contribution in [0.15, 0.2) is 46.9 Å². The van der Waals surface area contributed by atoms with E-state index in [4.69, 9.17) is 4.74 Å². The van der Waals surface area contributed by atoms with Crippen LogP contribution in [0, 0.1) is 5.82 Å². The third kappa shape index (κ3) is 3.15. The number of rotatable bonds is 3. The molecule has 0 fully saturated rings. The zero-order valence-electron chi connectivity index (χ0n) is 14.5. The first-order valence-corrected chi connectivity index (χ1v) is 11.0. The van der Waals surface area contributed by atoms with Crippen molar-refractivity contribution in [3.63, 3.8) is 0 Å². The van der Waals surface area contributed by atoms with Crippen LogP contribution in [-0.4, -0.2) is 13.1 Å². The second-order valence-electron chi connectivity index (χ2n) is 6.03. The average molecular weight is 451 g/mol. The Bertz CT molecular complexity index is 1020. The summed E-state index contributed by atoms with van der Waals surface area (Å²) in [5.74, 6) is 0.641. The maximum Gasteiger partial charge on any atom is 0.314 e. The second-order valence-corrected chi connectivity index (χ2v) is 9.23. The van der Waals surface area contributed by atoms with Crippen molar-refractivity contribution < 1.29 is 9.13 Å². The molecule has 0 radical (unpaired) electrons. The highest BCUT2D eigenvalue weighted by molar-refractivity contribution is 9.10. The largest absolute Gasteiger partial charge is 0.479 e. The lowest BCUT2D eigenvalue weighted by Crippen LogP contribution is -2.25. The molecule has 1 unspecified atom stereocenters. The molecule has 26 heavy (non-hydrogen) atoms. The fourth-order valence-electron chi connectivity index (χ4n) is 3.09. The molecule has 0 bridgehead atoms. The Morgan fingerprint density at radius 1 is 1.08 bits per heavy atom.